The Kier molecular flexibility index (Phi) is 4.45. The van der Waals surface area contributed by atoms with Crippen molar-refractivity contribution in [3.05, 3.63) is 34.9 Å². The average Bonchev–Trinajstić information content (AvgIpc) is 2.84. The van der Waals surface area contributed by atoms with Gasteiger partial charge in [-0.25, -0.2) is 0 Å². The van der Waals surface area contributed by atoms with E-state index in [0.717, 1.165) is 18.5 Å². The number of aromatic amines is 2. The Balaban J connectivity index is 0.000000191. The third-order valence-electron chi connectivity index (χ3n) is 1.68. The van der Waals surface area contributed by atoms with Gasteiger partial charge in [0.05, 0.1) is 11.2 Å². The number of nitrogens with zero attached hydrogens (tertiary/aromatic N) is 2. The highest BCUT2D eigenvalue weighted by molar-refractivity contribution is 6.31. The molecule has 0 aliphatic carbocycles. The van der Waals surface area contributed by atoms with Crippen molar-refractivity contribution >= 4 is 11.6 Å². The minimum atomic E-state index is -4.44. The largest absolute Gasteiger partial charge is 0.434 e. The first-order valence-corrected chi connectivity index (χ1v) is 4.83. The number of hydrogen-bond acceptors (Lipinski definition) is 2. The molecule has 0 fully saturated rings. The lowest BCUT2D eigenvalue weighted by molar-refractivity contribution is -0.141. The lowest BCUT2D eigenvalue weighted by Crippen LogP contribution is -2.05. The molecule has 0 saturated carbocycles. The molecule has 19 heavy (non-hydrogen) atoms. The molecule has 4 nitrogen and oxygen atoms in total. The van der Waals surface area contributed by atoms with Crippen LogP contribution < -0.4 is 0 Å². The van der Waals surface area contributed by atoms with Crippen LogP contribution in [0.5, 0.6) is 0 Å². The first-order valence-electron chi connectivity index (χ1n) is 4.45. The second-order valence-corrected chi connectivity index (χ2v) is 3.47. The van der Waals surface area contributed by atoms with Crippen LogP contribution in [0.2, 0.25) is 5.02 Å². The number of halogens is 7. The lowest BCUT2D eigenvalue weighted by atomic mass is 10.4. The van der Waals surface area contributed by atoms with E-state index in [1.165, 1.54) is 0 Å². The van der Waals surface area contributed by atoms with Crippen molar-refractivity contribution in [3.63, 3.8) is 0 Å². The van der Waals surface area contributed by atoms with Crippen molar-refractivity contribution in [2.24, 2.45) is 0 Å². The summed E-state index contributed by atoms with van der Waals surface area (Å²) in [6.45, 7) is 0. The fraction of sp³-hybridized carbons (Fsp3) is 0.250. The van der Waals surface area contributed by atoms with E-state index in [-0.39, 0.29) is 0 Å². The minimum Gasteiger partial charge on any atom is -0.274 e. The Morgan fingerprint density at radius 1 is 0.947 bits per heavy atom. The minimum absolute atomic E-state index is 0.410. The summed E-state index contributed by atoms with van der Waals surface area (Å²) in [5, 5.41) is 9.39. The summed E-state index contributed by atoms with van der Waals surface area (Å²) in [5.41, 5.74) is -1.82. The van der Waals surface area contributed by atoms with Crippen molar-refractivity contribution in [1.82, 2.24) is 20.4 Å². The molecular formula is C8H5ClF6N4. The summed E-state index contributed by atoms with van der Waals surface area (Å²) >= 11 is 5.11. The zero-order valence-electron chi connectivity index (χ0n) is 8.77. The third-order valence-corrected chi connectivity index (χ3v) is 1.97. The van der Waals surface area contributed by atoms with E-state index in [0.29, 0.717) is 0 Å². The maximum atomic E-state index is 11.7. The molecule has 0 unspecified atom stereocenters. The number of aromatic nitrogens is 4. The molecule has 0 atom stereocenters. The van der Waals surface area contributed by atoms with E-state index in [4.69, 9.17) is 11.6 Å². The molecule has 0 aliphatic heterocycles. The molecule has 2 N–H and O–H groups in total. The molecule has 11 heteroatoms. The van der Waals surface area contributed by atoms with Crippen LogP contribution in [0, 0.1) is 0 Å². The van der Waals surface area contributed by atoms with Gasteiger partial charge in [-0.2, -0.15) is 36.5 Å². The van der Waals surface area contributed by atoms with Gasteiger partial charge in [0.1, 0.15) is 5.69 Å². The maximum Gasteiger partial charge on any atom is 0.434 e. The molecule has 0 aliphatic rings. The van der Waals surface area contributed by atoms with Gasteiger partial charge >= 0.3 is 12.4 Å². The summed E-state index contributed by atoms with van der Waals surface area (Å²) in [7, 11) is 0. The second kappa shape index (κ2) is 5.51. The SMILES string of the molecule is FC(F)(F)c1[nH]ncc1Cl.FC(F)(F)c1ccn[nH]1. The summed E-state index contributed by atoms with van der Waals surface area (Å²) in [5.74, 6) is 0. The van der Waals surface area contributed by atoms with Gasteiger partial charge < -0.3 is 0 Å². The smallest absolute Gasteiger partial charge is 0.274 e. The van der Waals surface area contributed by atoms with Crippen molar-refractivity contribution in [2.75, 3.05) is 0 Å². The molecule has 2 aromatic heterocycles. The van der Waals surface area contributed by atoms with Crippen molar-refractivity contribution < 1.29 is 26.3 Å². The first-order chi connectivity index (χ1) is 8.62. The van der Waals surface area contributed by atoms with Gasteiger partial charge in [0, 0.05) is 6.20 Å². The van der Waals surface area contributed by atoms with Gasteiger partial charge in [-0.15, -0.1) is 0 Å². The normalized spacial score (nSPS) is 11.9. The number of nitrogens with one attached hydrogen (secondary N) is 2. The van der Waals surface area contributed by atoms with Crippen LogP contribution in [-0.4, -0.2) is 20.4 Å². The lowest BCUT2D eigenvalue weighted by Gasteiger charge is -2.01. The molecule has 0 amide bonds. The Morgan fingerprint density at radius 3 is 1.79 bits per heavy atom. The molecule has 2 rings (SSSR count). The predicted molar refractivity (Wildman–Crippen MR) is 52.2 cm³/mol. The van der Waals surface area contributed by atoms with Crippen molar-refractivity contribution in [1.29, 1.82) is 0 Å². The molecule has 106 valence electrons. The zero-order valence-corrected chi connectivity index (χ0v) is 9.53. The molecule has 2 aromatic rings. The molecule has 0 bridgehead atoms. The van der Waals surface area contributed by atoms with Crippen LogP contribution in [0.1, 0.15) is 11.4 Å². The van der Waals surface area contributed by atoms with Crippen LogP contribution in [0.25, 0.3) is 0 Å². The number of hydrogen-bond donors (Lipinski definition) is 2. The van der Waals surface area contributed by atoms with E-state index < -0.39 is 28.8 Å². The standard InChI is InChI=1S/C4H2ClF3N2.C4H3F3N2/c5-2-1-9-10-3(2)4(6,7)8;5-4(6,7)3-1-2-8-9-3/h1H,(H,9,10);1-2H,(H,8,9). The number of rotatable bonds is 0. The molecule has 0 spiro atoms. The maximum absolute atomic E-state index is 11.7. The Bertz CT molecular complexity index is 500. The number of H-pyrrole nitrogens is 2. The van der Waals surface area contributed by atoms with Crippen LogP contribution in [-0.2, 0) is 12.4 Å². The zero-order chi connectivity index (χ0) is 14.7. The first kappa shape index (κ1) is 15.3. The van der Waals surface area contributed by atoms with E-state index in [9.17, 15) is 26.3 Å². The summed E-state index contributed by atoms with van der Waals surface area (Å²) in [6.07, 6.45) is -6.77. The third kappa shape index (κ3) is 4.47. The Morgan fingerprint density at radius 2 is 1.58 bits per heavy atom. The molecule has 0 saturated heterocycles. The van der Waals surface area contributed by atoms with Gasteiger partial charge in [-0.05, 0) is 6.07 Å². The van der Waals surface area contributed by atoms with Crippen LogP contribution in [0.4, 0.5) is 26.3 Å². The molecule has 2 heterocycles. The van der Waals surface area contributed by atoms with Crippen LogP contribution in [0.3, 0.4) is 0 Å². The van der Waals surface area contributed by atoms with Crippen molar-refractivity contribution in [2.45, 2.75) is 12.4 Å². The van der Waals surface area contributed by atoms with E-state index >= 15 is 0 Å². The topological polar surface area (TPSA) is 57.4 Å². The number of alkyl halides is 6. The van der Waals surface area contributed by atoms with Crippen molar-refractivity contribution in [3.8, 4) is 0 Å². The monoisotopic (exact) mass is 306 g/mol. The van der Waals surface area contributed by atoms with Gasteiger partial charge in [-0.3, -0.25) is 10.2 Å². The summed E-state index contributed by atoms with van der Waals surface area (Å²) < 4.78 is 69.8. The fourth-order valence-corrected chi connectivity index (χ4v) is 1.08. The van der Waals surface area contributed by atoms with E-state index in [1.54, 1.807) is 10.2 Å². The Hall–Kier alpha value is -1.71. The van der Waals surface area contributed by atoms with Gasteiger partial charge in [0.2, 0.25) is 0 Å². The summed E-state index contributed by atoms with van der Waals surface area (Å²) in [6, 6.07) is 0.875. The fourth-order valence-electron chi connectivity index (χ4n) is 0.884. The van der Waals surface area contributed by atoms with Gasteiger partial charge in [-0.1, -0.05) is 11.6 Å². The average molecular weight is 307 g/mol. The Labute approximate surface area is 106 Å². The summed E-state index contributed by atoms with van der Waals surface area (Å²) in [4.78, 5) is 0. The molecular weight excluding hydrogens is 302 g/mol. The highest BCUT2D eigenvalue weighted by Crippen LogP contribution is 2.32. The highest BCUT2D eigenvalue weighted by atomic mass is 35.5. The van der Waals surface area contributed by atoms with E-state index in [2.05, 4.69) is 10.2 Å². The molecule has 0 aromatic carbocycles. The van der Waals surface area contributed by atoms with Gasteiger partial charge in [0.15, 0.2) is 5.69 Å². The predicted octanol–water partition coefficient (Wildman–Crippen LogP) is 3.51. The molecule has 0 radical (unpaired) electrons. The van der Waals surface area contributed by atoms with E-state index in [1.807, 2.05) is 0 Å². The quantitative estimate of drug-likeness (QED) is 0.732. The van der Waals surface area contributed by atoms with Gasteiger partial charge in [0.25, 0.3) is 0 Å². The highest BCUT2D eigenvalue weighted by Gasteiger charge is 2.35. The van der Waals surface area contributed by atoms with Crippen LogP contribution in [0.15, 0.2) is 18.5 Å². The van der Waals surface area contributed by atoms with Crippen LogP contribution >= 0.6 is 11.6 Å². The second-order valence-electron chi connectivity index (χ2n) is 3.06.